The maximum Gasteiger partial charge on any atom is 0.306 e. The van der Waals surface area contributed by atoms with Gasteiger partial charge in [-0.05, 0) is 128 Å². The minimum Gasteiger partial charge on any atom is -0.545 e. The van der Waals surface area contributed by atoms with Crippen LogP contribution in [0, 0.1) is 0 Å². The van der Waals surface area contributed by atoms with Crippen LogP contribution in [0.15, 0.2) is 170 Å². The van der Waals surface area contributed by atoms with E-state index in [4.69, 9.17) is 18.9 Å². The highest BCUT2D eigenvalue weighted by Crippen LogP contribution is 2.13. The summed E-state index contributed by atoms with van der Waals surface area (Å²) in [7, 11) is 5.90. The number of aliphatic carboxylic acids is 1. The average Bonchev–Trinajstić information content (AvgIpc) is 3.44. The van der Waals surface area contributed by atoms with Crippen LogP contribution in [0.3, 0.4) is 0 Å². The molecule has 9 heteroatoms. The maximum atomic E-state index is 12.9. The molecule has 0 N–H and O–H groups in total. The molecule has 2 atom stereocenters. The van der Waals surface area contributed by atoms with Gasteiger partial charge in [-0.25, -0.2) is 0 Å². The number of likely N-dealkylation sites (N-methyl/N-ethyl adjacent to an activating group) is 1. The molecule has 0 spiro atoms. The van der Waals surface area contributed by atoms with Crippen LogP contribution in [-0.4, -0.2) is 82.3 Å². The molecule has 2 unspecified atom stereocenters. The van der Waals surface area contributed by atoms with Gasteiger partial charge in [-0.1, -0.05) is 235 Å². The van der Waals surface area contributed by atoms with E-state index in [-0.39, 0.29) is 38.6 Å². The third-order valence-electron chi connectivity index (χ3n) is 12.5. The summed E-state index contributed by atoms with van der Waals surface area (Å²) in [6.07, 6.45) is 88.4. The third kappa shape index (κ3) is 62.1. The summed E-state index contributed by atoms with van der Waals surface area (Å²) in [5.41, 5.74) is 0. The Bertz CT molecular complexity index is 1930. The SMILES string of the molecule is CC/C=C\C/C=C\C/C=C\C/C=C\C/C=C\C/C=C\C/C=C\C/C=C\C/C=C\C/C=C\CCCCCCCCC(=O)OC(COC(=O)CCCCCCCC/C=C\C/C=C\C/C=C\C/C=C\CC)COC(OCC[N+](C)(C)C)C(=O)[O-]. The zero-order valence-electron chi connectivity index (χ0n) is 51.6. The Morgan fingerprint density at radius 3 is 0.988 bits per heavy atom. The molecule has 0 aromatic rings. The van der Waals surface area contributed by atoms with Gasteiger partial charge in [-0.2, -0.15) is 0 Å². The van der Waals surface area contributed by atoms with Crippen LogP contribution in [-0.2, 0) is 33.3 Å². The highest BCUT2D eigenvalue weighted by molar-refractivity contribution is 5.70. The summed E-state index contributed by atoms with van der Waals surface area (Å²) < 4.78 is 22.7. The average molecular weight is 1120 g/mol. The van der Waals surface area contributed by atoms with Crippen molar-refractivity contribution in [2.24, 2.45) is 0 Å². The molecule has 0 amide bonds. The topological polar surface area (TPSA) is 111 Å². The number of hydrogen-bond acceptors (Lipinski definition) is 8. The number of quaternary nitrogens is 1. The van der Waals surface area contributed by atoms with E-state index in [0.717, 1.165) is 167 Å². The second-order valence-corrected chi connectivity index (χ2v) is 21.2. The van der Waals surface area contributed by atoms with Gasteiger partial charge in [-0.3, -0.25) is 9.59 Å². The number of carbonyl (C=O) groups is 3. The molecular weight excluding hydrogens is 1010 g/mol. The minimum atomic E-state index is -1.64. The van der Waals surface area contributed by atoms with Crippen LogP contribution in [0.4, 0.5) is 0 Å². The van der Waals surface area contributed by atoms with Gasteiger partial charge in [-0.15, -0.1) is 0 Å². The number of rotatable bonds is 55. The molecular formula is C72H113NO8. The Balaban J connectivity index is 4.29. The molecule has 0 radical (unpaired) electrons. The van der Waals surface area contributed by atoms with E-state index in [1.165, 1.54) is 0 Å². The molecule has 454 valence electrons. The van der Waals surface area contributed by atoms with E-state index < -0.39 is 24.3 Å². The van der Waals surface area contributed by atoms with Crippen molar-refractivity contribution < 1.29 is 42.9 Å². The van der Waals surface area contributed by atoms with Crippen molar-refractivity contribution in [2.75, 3.05) is 47.5 Å². The Labute approximate surface area is 495 Å². The maximum absolute atomic E-state index is 12.9. The lowest BCUT2D eigenvalue weighted by Crippen LogP contribution is -2.44. The number of allylic oxidation sites excluding steroid dienone is 28. The third-order valence-corrected chi connectivity index (χ3v) is 12.5. The highest BCUT2D eigenvalue weighted by Gasteiger charge is 2.22. The first-order valence-electron chi connectivity index (χ1n) is 31.3. The molecule has 0 rings (SSSR count). The van der Waals surface area contributed by atoms with E-state index in [2.05, 4.69) is 184 Å². The van der Waals surface area contributed by atoms with Gasteiger partial charge < -0.3 is 33.3 Å². The van der Waals surface area contributed by atoms with E-state index in [1.807, 2.05) is 21.1 Å². The lowest BCUT2D eigenvalue weighted by Gasteiger charge is -2.26. The van der Waals surface area contributed by atoms with E-state index in [0.29, 0.717) is 23.9 Å². The van der Waals surface area contributed by atoms with Gasteiger partial charge >= 0.3 is 11.9 Å². The molecule has 0 bridgehead atoms. The Morgan fingerprint density at radius 2 is 0.667 bits per heavy atom. The summed E-state index contributed by atoms with van der Waals surface area (Å²) in [4.78, 5) is 37.3. The van der Waals surface area contributed by atoms with Crippen molar-refractivity contribution in [1.29, 1.82) is 0 Å². The fourth-order valence-corrected chi connectivity index (χ4v) is 7.73. The normalized spacial score (nSPS) is 13.9. The fourth-order valence-electron chi connectivity index (χ4n) is 7.73. The second kappa shape index (κ2) is 60.7. The number of ether oxygens (including phenoxy) is 4. The molecule has 9 nitrogen and oxygen atoms in total. The molecule has 0 aromatic heterocycles. The van der Waals surface area contributed by atoms with Crippen LogP contribution in [0.25, 0.3) is 0 Å². The molecule has 0 fully saturated rings. The van der Waals surface area contributed by atoms with Crippen molar-refractivity contribution in [3.8, 4) is 0 Å². The fraction of sp³-hybridized carbons (Fsp3) is 0.569. The van der Waals surface area contributed by atoms with Gasteiger partial charge in [0.15, 0.2) is 12.4 Å². The summed E-state index contributed by atoms with van der Waals surface area (Å²) in [5, 5.41) is 11.8. The molecule has 0 aliphatic rings. The monoisotopic (exact) mass is 1120 g/mol. The Kier molecular flexibility index (Phi) is 56.7. The molecule has 0 aliphatic heterocycles. The molecule has 0 heterocycles. The van der Waals surface area contributed by atoms with Crippen molar-refractivity contribution in [3.63, 3.8) is 0 Å². The van der Waals surface area contributed by atoms with Gasteiger partial charge in [0.25, 0.3) is 0 Å². The smallest absolute Gasteiger partial charge is 0.306 e. The molecule has 0 saturated carbocycles. The number of carbonyl (C=O) groups excluding carboxylic acids is 3. The summed E-state index contributed by atoms with van der Waals surface area (Å²) in [5.74, 6) is -2.34. The standard InChI is InChI=1S/C72H113NO8/c1-6-8-10-12-14-16-18-20-22-24-26-27-28-29-30-31-32-33-34-35-36-37-38-39-40-41-42-43-45-47-49-51-53-55-57-59-61-63-70(75)81-68(67-80-72(71(76)77)78-65-64-73(3,4)5)66-79-69(74)62-60-58-56-54-52-50-48-46-44-25-23-21-19-17-15-13-11-9-7-2/h8-11,14-17,20-23,26-27,29-30,32-33,35-36,38-39,41-42,44-47,68,72H,6-7,12-13,18-19,24-25,28,31,34,37,40,43,48-67H2,1-5H3/b10-8-,11-9-,16-14-,17-15-,22-20-,23-21-,27-26-,30-29-,33-32-,36-35-,39-38-,42-41-,46-44-,47-45-. The van der Waals surface area contributed by atoms with E-state index in [9.17, 15) is 19.5 Å². The number of unbranched alkanes of at least 4 members (excludes halogenated alkanes) is 12. The zero-order chi connectivity index (χ0) is 59.1. The van der Waals surface area contributed by atoms with Gasteiger partial charge in [0.1, 0.15) is 13.2 Å². The largest absolute Gasteiger partial charge is 0.545 e. The van der Waals surface area contributed by atoms with Crippen LogP contribution < -0.4 is 5.11 Å². The number of esters is 2. The quantitative estimate of drug-likeness (QED) is 0.0195. The first-order chi connectivity index (χ1) is 39.6. The Hall–Kier alpha value is -5.35. The van der Waals surface area contributed by atoms with Crippen molar-refractivity contribution in [3.05, 3.63) is 170 Å². The van der Waals surface area contributed by atoms with Gasteiger partial charge in [0.05, 0.1) is 40.3 Å². The van der Waals surface area contributed by atoms with Crippen LogP contribution >= 0.6 is 0 Å². The molecule has 0 aliphatic carbocycles. The number of carboxylic acids is 1. The molecule has 81 heavy (non-hydrogen) atoms. The molecule has 0 saturated heterocycles. The first kappa shape index (κ1) is 75.7. The van der Waals surface area contributed by atoms with Crippen molar-refractivity contribution >= 4 is 17.9 Å². The molecule has 0 aromatic carbocycles. The van der Waals surface area contributed by atoms with Crippen LogP contribution in [0.5, 0.6) is 0 Å². The summed E-state index contributed by atoms with van der Waals surface area (Å²) in [6, 6.07) is 0. The van der Waals surface area contributed by atoms with Crippen LogP contribution in [0.2, 0.25) is 0 Å². The van der Waals surface area contributed by atoms with Crippen molar-refractivity contribution in [2.45, 2.75) is 219 Å². The minimum absolute atomic E-state index is 0.132. The van der Waals surface area contributed by atoms with Gasteiger partial charge in [0, 0.05) is 12.8 Å². The lowest BCUT2D eigenvalue weighted by molar-refractivity contribution is -0.870. The first-order valence-corrected chi connectivity index (χ1v) is 31.3. The van der Waals surface area contributed by atoms with Crippen LogP contribution in [0.1, 0.15) is 206 Å². The lowest BCUT2D eigenvalue weighted by atomic mass is 10.1. The van der Waals surface area contributed by atoms with E-state index in [1.54, 1.807) is 0 Å². The van der Waals surface area contributed by atoms with Crippen molar-refractivity contribution in [1.82, 2.24) is 0 Å². The number of nitrogens with zero attached hydrogens (tertiary/aromatic N) is 1. The number of carboxylic acid groups (broad SMARTS) is 1. The second-order valence-electron chi connectivity index (χ2n) is 21.2. The number of hydrogen-bond donors (Lipinski definition) is 0. The van der Waals surface area contributed by atoms with E-state index >= 15 is 0 Å². The predicted octanol–water partition coefficient (Wildman–Crippen LogP) is 17.8. The predicted molar refractivity (Wildman–Crippen MR) is 342 cm³/mol. The van der Waals surface area contributed by atoms with Gasteiger partial charge in [0.2, 0.25) is 0 Å². The summed E-state index contributed by atoms with van der Waals surface area (Å²) in [6.45, 7) is 4.45. The Morgan fingerprint density at radius 1 is 0.370 bits per heavy atom. The highest BCUT2D eigenvalue weighted by atomic mass is 16.7. The summed E-state index contributed by atoms with van der Waals surface area (Å²) >= 11 is 0. The zero-order valence-corrected chi connectivity index (χ0v) is 51.6.